The molecule has 0 heterocycles. The molecular weight excluding hydrogens is 244 g/mol. The molecule has 0 aliphatic rings. The van der Waals surface area contributed by atoms with Crippen molar-refractivity contribution in [3.8, 4) is 11.5 Å². The minimum atomic E-state index is -0.488. The fraction of sp³-hybridized carbons (Fsp3) is 0.500. The van der Waals surface area contributed by atoms with Crippen molar-refractivity contribution in [1.29, 1.82) is 0 Å². The van der Waals surface area contributed by atoms with Gasteiger partial charge in [-0.05, 0) is 30.0 Å². The molecule has 1 amide bonds. The Morgan fingerprint density at radius 2 is 2.05 bits per heavy atom. The number of rotatable bonds is 6. The molecular formula is C14H22N2O3. The summed E-state index contributed by atoms with van der Waals surface area (Å²) in [6.45, 7) is 4.40. The minimum Gasteiger partial charge on any atom is -0.504 e. The molecule has 0 spiro atoms. The van der Waals surface area contributed by atoms with E-state index in [1.807, 2.05) is 13.8 Å². The number of hydrogen-bond acceptors (Lipinski definition) is 4. The van der Waals surface area contributed by atoms with E-state index in [-0.39, 0.29) is 23.3 Å². The highest BCUT2D eigenvalue weighted by atomic mass is 16.3. The lowest BCUT2D eigenvalue weighted by atomic mass is 9.99. The van der Waals surface area contributed by atoms with Gasteiger partial charge in [-0.3, -0.25) is 4.79 Å². The Morgan fingerprint density at radius 3 is 2.63 bits per heavy atom. The van der Waals surface area contributed by atoms with Crippen LogP contribution in [-0.2, 0) is 11.2 Å². The van der Waals surface area contributed by atoms with Crippen LogP contribution in [0.25, 0.3) is 0 Å². The van der Waals surface area contributed by atoms with E-state index in [0.29, 0.717) is 13.0 Å². The van der Waals surface area contributed by atoms with Crippen LogP contribution in [0.15, 0.2) is 18.2 Å². The third kappa shape index (κ3) is 4.44. The average molecular weight is 266 g/mol. The van der Waals surface area contributed by atoms with Gasteiger partial charge >= 0.3 is 0 Å². The van der Waals surface area contributed by atoms with Crippen LogP contribution in [0.3, 0.4) is 0 Å². The number of carbonyl (C=O) groups excluding carboxylic acids is 1. The van der Waals surface area contributed by atoms with Gasteiger partial charge in [0.1, 0.15) is 0 Å². The van der Waals surface area contributed by atoms with Gasteiger partial charge < -0.3 is 21.3 Å². The smallest absolute Gasteiger partial charge is 0.237 e. The van der Waals surface area contributed by atoms with E-state index >= 15 is 0 Å². The van der Waals surface area contributed by atoms with Crippen LogP contribution >= 0.6 is 0 Å². The zero-order chi connectivity index (χ0) is 14.4. The van der Waals surface area contributed by atoms with Gasteiger partial charge in [0.2, 0.25) is 5.91 Å². The Labute approximate surface area is 113 Å². The lowest BCUT2D eigenvalue weighted by Gasteiger charge is -2.17. The second-order valence-electron chi connectivity index (χ2n) is 4.78. The molecule has 106 valence electrons. The maximum Gasteiger partial charge on any atom is 0.237 e. The fourth-order valence-corrected chi connectivity index (χ4v) is 1.68. The number of hydrogen-bond donors (Lipinski definition) is 4. The Bertz CT molecular complexity index is 435. The van der Waals surface area contributed by atoms with E-state index in [9.17, 15) is 15.0 Å². The first kappa shape index (κ1) is 15.3. The molecule has 5 nitrogen and oxygen atoms in total. The largest absolute Gasteiger partial charge is 0.504 e. The van der Waals surface area contributed by atoms with Crippen LogP contribution in [-0.4, -0.2) is 28.7 Å². The lowest BCUT2D eigenvalue weighted by molar-refractivity contribution is -0.123. The zero-order valence-corrected chi connectivity index (χ0v) is 11.4. The van der Waals surface area contributed by atoms with Gasteiger partial charge in [0, 0.05) is 6.54 Å². The first-order chi connectivity index (χ1) is 8.95. The zero-order valence-electron chi connectivity index (χ0n) is 11.4. The Balaban J connectivity index is 2.41. The highest BCUT2D eigenvalue weighted by molar-refractivity contribution is 5.81. The van der Waals surface area contributed by atoms with Crippen LogP contribution in [0.2, 0.25) is 0 Å². The van der Waals surface area contributed by atoms with E-state index in [1.165, 1.54) is 12.1 Å². The molecule has 1 aromatic rings. The Kier molecular flexibility index (Phi) is 5.63. The maximum absolute atomic E-state index is 11.7. The molecule has 5 N–H and O–H groups in total. The molecule has 2 atom stereocenters. The number of nitrogens with one attached hydrogen (secondary N) is 1. The first-order valence-electron chi connectivity index (χ1n) is 6.49. The van der Waals surface area contributed by atoms with E-state index < -0.39 is 6.04 Å². The van der Waals surface area contributed by atoms with Gasteiger partial charge in [0.15, 0.2) is 11.5 Å². The van der Waals surface area contributed by atoms with Gasteiger partial charge in [-0.25, -0.2) is 0 Å². The molecule has 0 aliphatic heterocycles. The highest BCUT2D eigenvalue weighted by Crippen LogP contribution is 2.24. The summed E-state index contributed by atoms with van der Waals surface area (Å²) in [4.78, 5) is 11.7. The molecule has 0 fully saturated rings. The second kappa shape index (κ2) is 6.99. The molecule has 5 heteroatoms. The van der Waals surface area contributed by atoms with E-state index in [2.05, 4.69) is 5.32 Å². The van der Waals surface area contributed by atoms with Crippen molar-refractivity contribution in [1.82, 2.24) is 5.32 Å². The summed E-state index contributed by atoms with van der Waals surface area (Å²) >= 11 is 0. The monoisotopic (exact) mass is 266 g/mol. The molecule has 1 rings (SSSR count). The second-order valence-corrected chi connectivity index (χ2v) is 4.78. The third-order valence-electron chi connectivity index (χ3n) is 3.31. The van der Waals surface area contributed by atoms with Crippen molar-refractivity contribution in [2.45, 2.75) is 32.7 Å². The molecule has 0 aliphatic carbocycles. The third-order valence-corrected chi connectivity index (χ3v) is 3.31. The molecule has 19 heavy (non-hydrogen) atoms. The lowest BCUT2D eigenvalue weighted by Crippen LogP contribution is -2.45. The first-order valence-corrected chi connectivity index (χ1v) is 6.49. The van der Waals surface area contributed by atoms with E-state index in [1.54, 1.807) is 6.07 Å². The number of carbonyl (C=O) groups is 1. The van der Waals surface area contributed by atoms with Crippen molar-refractivity contribution in [2.75, 3.05) is 6.54 Å². The SMILES string of the molecule is CCC(C)[C@H](N)C(=O)NCCc1ccc(O)c(O)c1. The van der Waals surface area contributed by atoms with Crippen LogP contribution in [0.1, 0.15) is 25.8 Å². The standard InChI is InChI=1S/C14H22N2O3/c1-3-9(2)13(15)14(19)16-7-6-10-4-5-11(17)12(18)8-10/h4-5,8-9,13,17-18H,3,6-7,15H2,1-2H3,(H,16,19)/t9?,13-/m0/s1. The Morgan fingerprint density at radius 1 is 1.37 bits per heavy atom. The molecule has 1 aromatic carbocycles. The summed E-state index contributed by atoms with van der Waals surface area (Å²) in [5, 5.41) is 21.3. The van der Waals surface area contributed by atoms with Gasteiger partial charge in [-0.15, -0.1) is 0 Å². The van der Waals surface area contributed by atoms with Crippen molar-refractivity contribution in [3.63, 3.8) is 0 Å². The van der Waals surface area contributed by atoms with Crippen LogP contribution < -0.4 is 11.1 Å². The number of aromatic hydroxyl groups is 2. The fourth-order valence-electron chi connectivity index (χ4n) is 1.68. The summed E-state index contributed by atoms with van der Waals surface area (Å²) in [5.41, 5.74) is 6.65. The summed E-state index contributed by atoms with van der Waals surface area (Å²) in [6, 6.07) is 4.13. The van der Waals surface area contributed by atoms with Crippen molar-refractivity contribution < 1.29 is 15.0 Å². The molecule has 1 unspecified atom stereocenters. The summed E-state index contributed by atoms with van der Waals surface area (Å²) in [6.07, 6.45) is 1.44. The number of amides is 1. The number of phenols is 2. The van der Waals surface area contributed by atoms with Crippen LogP contribution in [0.4, 0.5) is 0 Å². The molecule has 0 saturated carbocycles. The van der Waals surface area contributed by atoms with E-state index in [0.717, 1.165) is 12.0 Å². The minimum absolute atomic E-state index is 0.147. The van der Waals surface area contributed by atoms with Gasteiger partial charge in [-0.1, -0.05) is 26.3 Å². The van der Waals surface area contributed by atoms with Crippen molar-refractivity contribution in [3.05, 3.63) is 23.8 Å². The number of nitrogens with two attached hydrogens (primary N) is 1. The Hall–Kier alpha value is -1.75. The predicted octanol–water partition coefficient (Wildman–Crippen LogP) is 1.13. The molecule has 0 aromatic heterocycles. The summed E-state index contributed by atoms with van der Waals surface area (Å²) < 4.78 is 0. The van der Waals surface area contributed by atoms with Gasteiger partial charge in [0.25, 0.3) is 0 Å². The number of phenolic OH excluding ortho intramolecular Hbond substituents is 2. The normalized spacial score (nSPS) is 13.8. The summed E-state index contributed by atoms with van der Waals surface area (Å²) in [7, 11) is 0. The summed E-state index contributed by atoms with van der Waals surface area (Å²) in [5.74, 6) is -0.304. The van der Waals surface area contributed by atoms with E-state index in [4.69, 9.17) is 5.73 Å². The van der Waals surface area contributed by atoms with Gasteiger partial charge in [-0.2, -0.15) is 0 Å². The highest BCUT2D eigenvalue weighted by Gasteiger charge is 2.18. The number of benzene rings is 1. The quantitative estimate of drug-likeness (QED) is 0.580. The average Bonchev–Trinajstić information content (AvgIpc) is 2.40. The molecule has 0 radical (unpaired) electrons. The van der Waals surface area contributed by atoms with Crippen LogP contribution in [0.5, 0.6) is 11.5 Å². The van der Waals surface area contributed by atoms with Crippen molar-refractivity contribution in [2.24, 2.45) is 11.7 Å². The maximum atomic E-state index is 11.7. The topological polar surface area (TPSA) is 95.6 Å². The van der Waals surface area contributed by atoms with Crippen LogP contribution in [0, 0.1) is 5.92 Å². The molecule has 0 bridgehead atoms. The predicted molar refractivity (Wildman–Crippen MR) is 73.9 cm³/mol. The van der Waals surface area contributed by atoms with Crippen molar-refractivity contribution >= 4 is 5.91 Å². The molecule has 0 saturated heterocycles. The van der Waals surface area contributed by atoms with Gasteiger partial charge in [0.05, 0.1) is 6.04 Å².